The van der Waals surface area contributed by atoms with Gasteiger partial charge in [-0.2, -0.15) is 0 Å². The first-order chi connectivity index (χ1) is 10.0. The Hall–Kier alpha value is -2.19. The summed E-state index contributed by atoms with van der Waals surface area (Å²) in [5, 5.41) is 0. The molecule has 112 valence electrons. The van der Waals surface area contributed by atoms with Gasteiger partial charge in [-0.15, -0.1) is 0 Å². The summed E-state index contributed by atoms with van der Waals surface area (Å²) in [7, 11) is -2.59. The molecule has 2 rings (SSSR count). The SMILES string of the molecule is COC(=O)c1ccccc1S(=O)(=O)NCCc1ncc[nH]1. The molecule has 2 N–H and O–H groups in total. The predicted octanol–water partition coefficient (Wildman–Crippen LogP) is 0.717. The summed E-state index contributed by atoms with van der Waals surface area (Å²) in [5.41, 5.74) is 0.00509. The van der Waals surface area contributed by atoms with Crippen molar-refractivity contribution in [1.29, 1.82) is 0 Å². The second-order valence-corrected chi connectivity index (χ2v) is 5.91. The Bertz CT molecular complexity index is 711. The molecule has 0 aliphatic carbocycles. The number of nitrogens with zero attached hydrogens (tertiary/aromatic N) is 1. The van der Waals surface area contributed by atoms with E-state index in [1.807, 2.05) is 0 Å². The fourth-order valence-electron chi connectivity index (χ4n) is 1.80. The third kappa shape index (κ3) is 3.67. The van der Waals surface area contributed by atoms with Crippen LogP contribution in [0.15, 0.2) is 41.6 Å². The maximum Gasteiger partial charge on any atom is 0.339 e. The number of nitrogens with one attached hydrogen (secondary N) is 2. The van der Waals surface area contributed by atoms with Gasteiger partial charge in [0.05, 0.1) is 17.6 Å². The van der Waals surface area contributed by atoms with Crippen LogP contribution in [0.2, 0.25) is 0 Å². The number of H-pyrrole nitrogens is 1. The Labute approximate surface area is 122 Å². The Morgan fingerprint density at radius 2 is 2.14 bits per heavy atom. The van der Waals surface area contributed by atoms with Crippen LogP contribution in [0.25, 0.3) is 0 Å². The van der Waals surface area contributed by atoms with Crippen molar-refractivity contribution >= 4 is 16.0 Å². The highest BCUT2D eigenvalue weighted by molar-refractivity contribution is 7.89. The standard InChI is InChI=1S/C13H15N3O4S/c1-20-13(17)10-4-2-3-5-11(10)21(18,19)16-7-6-12-14-8-9-15-12/h2-5,8-9,16H,6-7H2,1H3,(H,14,15). The van der Waals surface area contributed by atoms with Crippen LogP contribution in [0.3, 0.4) is 0 Å². The first-order valence-corrected chi connectivity index (χ1v) is 7.68. The highest BCUT2D eigenvalue weighted by atomic mass is 32.2. The van der Waals surface area contributed by atoms with Crippen LogP contribution in [-0.4, -0.2) is 38.0 Å². The van der Waals surface area contributed by atoms with E-state index in [1.54, 1.807) is 24.5 Å². The summed E-state index contributed by atoms with van der Waals surface area (Å²) in [4.78, 5) is 18.4. The zero-order valence-electron chi connectivity index (χ0n) is 11.4. The first-order valence-electron chi connectivity index (χ1n) is 6.20. The molecular formula is C13H15N3O4S. The molecule has 0 bridgehead atoms. The average Bonchev–Trinajstić information content (AvgIpc) is 2.99. The molecule has 2 aromatic rings. The van der Waals surface area contributed by atoms with E-state index < -0.39 is 16.0 Å². The summed E-state index contributed by atoms with van der Waals surface area (Å²) >= 11 is 0. The first kappa shape index (κ1) is 15.2. The van der Waals surface area contributed by atoms with Crippen molar-refractivity contribution in [2.75, 3.05) is 13.7 Å². The number of carbonyl (C=O) groups excluding carboxylic acids is 1. The van der Waals surface area contributed by atoms with Gasteiger partial charge in [0, 0.05) is 25.4 Å². The van der Waals surface area contributed by atoms with E-state index in [1.165, 1.54) is 19.2 Å². The number of benzene rings is 1. The van der Waals surface area contributed by atoms with Crippen LogP contribution >= 0.6 is 0 Å². The van der Waals surface area contributed by atoms with Gasteiger partial charge in [-0.3, -0.25) is 0 Å². The molecular weight excluding hydrogens is 294 g/mol. The number of carbonyl (C=O) groups is 1. The summed E-state index contributed by atoms with van der Waals surface area (Å²) in [6.45, 7) is 0.172. The number of aromatic amines is 1. The van der Waals surface area contributed by atoms with Crippen molar-refractivity contribution in [3.05, 3.63) is 48.0 Å². The van der Waals surface area contributed by atoms with Crippen LogP contribution < -0.4 is 4.72 Å². The van der Waals surface area contributed by atoms with E-state index in [9.17, 15) is 13.2 Å². The van der Waals surface area contributed by atoms with Gasteiger partial charge in [0.2, 0.25) is 10.0 Å². The Morgan fingerprint density at radius 1 is 1.38 bits per heavy atom. The molecule has 0 spiro atoms. The number of aromatic nitrogens is 2. The molecule has 0 aliphatic rings. The maximum absolute atomic E-state index is 12.3. The zero-order chi connectivity index (χ0) is 15.3. The van der Waals surface area contributed by atoms with Crippen molar-refractivity contribution in [2.24, 2.45) is 0 Å². The normalized spacial score (nSPS) is 11.3. The van der Waals surface area contributed by atoms with Crippen molar-refractivity contribution < 1.29 is 17.9 Å². The number of imidazole rings is 1. The molecule has 1 heterocycles. The lowest BCUT2D eigenvalue weighted by atomic mass is 10.2. The number of ether oxygens (including phenoxy) is 1. The van der Waals surface area contributed by atoms with E-state index >= 15 is 0 Å². The lowest BCUT2D eigenvalue weighted by molar-refractivity contribution is 0.0596. The van der Waals surface area contributed by atoms with Gasteiger partial charge in [0.1, 0.15) is 5.82 Å². The molecule has 0 fully saturated rings. The van der Waals surface area contributed by atoms with Gasteiger partial charge in [-0.05, 0) is 12.1 Å². The lowest BCUT2D eigenvalue weighted by Gasteiger charge is -2.09. The van der Waals surface area contributed by atoms with Gasteiger partial charge < -0.3 is 9.72 Å². The zero-order valence-corrected chi connectivity index (χ0v) is 12.2. The molecule has 1 aromatic carbocycles. The third-order valence-corrected chi connectivity index (χ3v) is 4.31. The minimum Gasteiger partial charge on any atom is -0.465 e. The number of hydrogen-bond acceptors (Lipinski definition) is 5. The molecule has 8 heteroatoms. The van der Waals surface area contributed by atoms with Crippen molar-refractivity contribution in [3.63, 3.8) is 0 Å². The minimum absolute atomic E-state index is 0.00509. The quantitative estimate of drug-likeness (QED) is 0.766. The van der Waals surface area contributed by atoms with Crippen LogP contribution in [-0.2, 0) is 21.2 Å². The predicted molar refractivity (Wildman–Crippen MR) is 75.3 cm³/mol. The summed E-state index contributed by atoms with van der Waals surface area (Å²) in [6.07, 6.45) is 3.68. The van der Waals surface area contributed by atoms with Gasteiger partial charge in [0.15, 0.2) is 0 Å². The van der Waals surface area contributed by atoms with E-state index in [0.717, 1.165) is 0 Å². The van der Waals surface area contributed by atoms with Gasteiger partial charge in [-0.25, -0.2) is 22.9 Å². The number of hydrogen-bond donors (Lipinski definition) is 2. The van der Waals surface area contributed by atoms with E-state index in [-0.39, 0.29) is 17.0 Å². The molecule has 1 aromatic heterocycles. The molecule has 0 unspecified atom stereocenters. The number of sulfonamides is 1. The van der Waals surface area contributed by atoms with Crippen LogP contribution in [0, 0.1) is 0 Å². The van der Waals surface area contributed by atoms with Gasteiger partial charge in [-0.1, -0.05) is 12.1 Å². The maximum atomic E-state index is 12.3. The molecule has 0 saturated heterocycles. The summed E-state index contributed by atoms with van der Waals surface area (Å²) in [5.74, 6) is -0.0130. The highest BCUT2D eigenvalue weighted by Crippen LogP contribution is 2.16. The summed E-state index contributed by atoms with van der Waals surface area (Å²) < 4.78 is 31.5. The number of methoxy groups -OCH3 is 1. The Kier molecular flexibility index (Phi) is 4.71. The number of esters is 1. The fraction of sp³-hybridized carbons (Fsp3) is 0.231. The van der Waals surface area contributed by atoms with Crippen LogP contribution in [0.5, 0.6) is 0 Å². The van der Waals surface area contributed by atoms with E-state index in [0.29, 0.717) is 12.2 Å². The second-order valence-electron chi connectivity index (χ2n) is 4.17. The van der Waals surface area contributed by atoms with Crippen molar-refractivity contribution in [3.8, 4) is 0 Å². The van der Waals surface area contributed by atoms with Gasteiger partial charge >= 0.3 is 5.97 Å². The third-order valence-electron chi connectivity index (χ3n) is 2.79. The monoisotopic (exact) mass is 309 g/mol. The lowest BCUT2D eigenvalue weighted by Crippen LogP contribution is -2.28. The highest BCUT2D eigenvalue weighted by Gasteiger charge is 2.22. The minimum atomic E-state index is -3.79. The van der Waals surface area contributed by atoms with E-state index in [2.05, 4.69) is 19.4 Å². The van der Waals surface area contributed by atoms with Gasteiger partial charge in [0.25, 0.3) is 0 Å². The molecule has 21 heavy (non-hydrogen) atoms. The second kappa shape index (κ2) is 6.51. The van der Waals surface area contributed by atoms with E-state index in [4.69, 9.17) is 0 Å². The molecule has 7 nitrogen and oxygen atoms in total. The smallest absolute Gasteiger partial charge is 0.339 e. The summed E-state index contributed by atoms with van der Waals surface area (Å²) in [6, 6.07) is 5.90. The molecule has 0 atom stereocenters. The Balaban J connectivity index is 2.14. The van der Waals surface area contributed by atoms with Crippen LogP contribution in [0.1, 0.15) is 16.2 Å². The molecule has 0 aliphatic heterocycles. The molecule has 0 amide bonds. The largest absolute Gasteiger partial charge is 0.465 e. The number of rotatable bonds is 6. The van der Waals surface area contributed by atoms with Crippen LogP contribution in [0.4, 0.5) is 0 Å². The topological polar surface area (TPSA) is 101 Å². The fourth-order valence-corrected chi connectivity index (χ4v) is 3.02. The molecule has 0 saturated carbocycles. The Morgan fingerprint density at radius 3 is 2.81 bits per heavy atom. The molecule has 0 radical (unpaired) electrons. The average molecular weight is 309 g/mol. The van der Waals surface area contributed by atoms with Crippen molar-refractivity contribution in [1.82, 2.24) is 14.7 Å². The van der Waals surface area contributed by atoms with Crippen molar-refractivity contribution in [2.45, 2.75) is 11.3 Å².